The molecule has 21 heavy (non-hydrogen) atoms. The molecular weight excluding hydrogens is 266 g/mol. The van der Waals surface area contributed by atoms with Crippen LogP contribution in [0.4, 0.5) is 0 Å². The van der Waals surface area contributed by atoms with Gasteiger partial charge in [-0.1, -0.05) is 6.92 Å². The molecule has 2 rings (SSSR count). The van der Waals surface area contributed by atoms with E-state index in [4.69, 9.17) is 4.74 Å². The molecule has 0 saturated heterocycles. The van der Waals surface area contributed by atoms with Gasteiger partial charge >= 0.3 is 0 Å². The molecule has 0 fully saturated rings. The zero-order valence-corrected chi connectivity index (χ0v) is 13.5. The van der Waals surface area contributed by atoms with Crippen molar-refractivity contribution < 1.29 is 4.74 Å². The Morgan fingerprint density at radius 3 is 2.67 bits per heavy atom. The standard InChI is InChI=1S/C15H25N5O/c1-6-7-16-14(12-9-19(4)10-17-12)15-13(21-5)8-18-20(15)11(2)3/h8-11,14,16H,6-7H2,1-5H3. The number of hydrogen-bond acceptors (Lipinski definition) is 4. The molecule has 116 valence electrons. The molecule has 2 aromatic heterocycles. The normalized spacial score (nSPS) is 12.9. The maximum atomic E-state index is 5.51. The zero-order chi connectivity index (χ0) is 15.4. The van der Waals surface area contributed by atoms with Crippen LogP contribution in [0, 0.1) is 0 Å². The van der Waals surface area contributed by atoms with Crippen LogP contribution in [0.25, 0.3) is 0 Å². The molecule has 0 aromatic carbocycles. The quantitative estimate of drug-likeness (QED) is 0.850. The number of imidazole rings is 1. The van der Waals surface area contributed by atoms with Gasteiger partial charge in [0.25, 0.3) is 0 Å². The van der Waals surface area contributed by atoms with E-state index in [1.807, 2.05) is 28.8 Å². The lowest BCUT2D eigenvalue weighted by atomic mass is 10.1. The average molecular weight is 291 g/mol. The summed E-state index contributed by atoms with van der Waals surface area (Å²) >= 11 is 0. The number of rotatable bonds is 7. The van der Waals surface area contributed by atoms with Crippen molar-refractivity contribution in [1.82, 2.24) is 24.6 Å². The number of aryl methyl sites for hydroxylation is 1. The molecule has 2 aromatic rings. The number of ether oxygens (including phenoxy) is 1. The van der Waals surface area contributed by atoms with E-state index in [9.17, 15) is 0 Å². The van der Waals surface area contributed by atoms with E-state index in [0.717, 1.165) is 30.1 Å². The van der Waals surface area contributed by atoms with Crippen LogP contribution in [0.15, 0.2) is 18.7 Å². The molecule has 0 amide bonds. The molecule has 0 bridgehead atoms. The monoisotopic (exact) mass is 291 g/mol. The summed E-state index contributed by atoms with van der Waals surface area (Å²) in [5.74, 6) is 0.794. The second-order valence-electron chi connectivity index (χ2n) is 5.49. The van der Waals surface area contributed by atoms with Crippen LogP contribution in [0.5, 0.6) is 5.75 Å². The lowest BCUT2D eigenvalue weighted by Crippen LogP contribution is -2.27. The van der Waals surface area contributed by atoms with Crippen LogP contribution in [-0.2, 0) is 7.05 Å². The minimum atomic E-state index is -0.0222. The van der Waals surface area contributed by atoms with E-state index in [1.165, 1.54) is 0 Å². The van der Waals surface area contributed by atoms with Gasteiger partial charge < -0.3 is 14.6 Å². The lowest BCUT2D eigenvalue weighted by Gasteiger charge is -2.21. The highest BCUT2D eigenvalue weighted by molar-refractivity contribution is 5.33. The Hall–Kier alpha value is -1.82. The summed E-state index contributed by atoms with van der Waals surface area (Å²) in [7, 11) is 3.66. The van der Waals surface area contributed by atoms with Crippen molar-refractivity contribution in [2.24, 2.45) is 7.05 Å². The first kappa shape index (κ1) is 15.6. The van der Waals surface area contributed by atoms with Crippen molar-refractivity contribution in [2.75, 3.05) is 13.7 Å². The molecule has 0 spiro atoms. The fraction of sp³-hybridized carbons (Fsp3) is 0.600. The van der Waals surface area contributed by atoms with Gasteiger partial charge in [-0.3, -0.25) is 4.68 Å². The van der Waals surface area contributed by atoms with E-state index in [1.54, 1.807) is 13.3 Å². The Kier molecular flexibility index (Phi) is 5.01. The Balaban J connectivity index is 2.47. The molecular formula is C15H25N5O. The van der Waals surface area contributed by atoms with Gasteiger partial charge in [-0.15, -0.1) is 0 Å². The number of nitrogens with zero attached hydrogens (tertiary/aromatic N) is 4. The van der Waals surface area contributed by atoms with Crippen LogP contribution in [0.3, 0.4) is 0 Å². The molecule has 2 heterocycles. The molecule has 0 radical (unpaired) electrons. The predicted octanol–water partition coefficient (Wildman–Crippen LogP) is 2.30. The van der Waals surface area contributed by atoms with Crippen molar-refractivity contribution in [1.29, 1.82) is 0 Å². The smallest absolute Gasteiger partial charge is 0.162 e. The van der Waals surface area contributed by atoms with E-state index >= 15 is 0 Å². The molecule has 0 aliphatic carbocycles. The van der Waals surface area contributed by atoms with Gasteiger partial charge in [0.2, 0.25) is 0 Å². The molecule has 1 unspecified atom stereocenters. The van der Waals surface area contributed by atoms with Gasteiger partial charge in [-0.05, 0) is 26.8 Å². The molecule has 0 aliphatic rings. The van der Waals surface area contributed by atoms with Gasteiger partial charge in [0.1, 0.15) is 5.69 Å². The fourth-order valence-corrected chi connectivity index (χ4v) is 2.41. The molecule has 6 nitrogen and oxygen atoms in total. The van der Waals surface area contributed by atoms with Crippen molar-refractivity contribution in [3.8, 4) is 5.75 Å². The van der Waals surface area contributed by atoms with Crippen LogP contribution < -0.4 is 10.1 Å². The van der Waals surface area contributed by atoms with E-state index < -0.39 is 0 Å². The van der Waals surface area contributed by atoms with Gasteiger partial charge in [0.15, 0.2) is 5.75 Å². The first-order chi connectivity index (χ1) is 10.1. The highest BCUT2D eigenvalue weighted by Gasteiger charge is 2.26. The zero-order valence-electron chi connectivity index (χ0n) is 13.5. The first-order valence-corrected chi connectivity index (χ1v) is 7.41. The third kappa shape index (κ3) is 3.26. The number of aromatic nitrogens is 4. The average Bonchev–Trinajstić information content (AvgIpc) is 3.06. The molecule has 0 saturated carbocycles. The molecule has 6 heteroatoms. The Bertz CT molecular complexity index is 572. The summed E-state index contributed by atoms with van der Waals surface area (Å²) in [6, 6.07) is 0.240. The minimum absolute atomic E-state index is 0.0222. The van der Waals surface area contributed by atoms with Crippen molar-refractivity contribution in [3.63, 3.8) is 0 Å². The number of hydrogen-bond donors (Lipinski definition) is 1. The maximum absolute atomic E-state index is 5.51. The maximum Gasteiger partial charge on any atom is 0.162 e. The third-order valence-electron chi connectivity index (χ3n) is 3.40. The summed E-state index contributed by atoms with van der Waals surface area (Å²) in [5.41, 5.74) is 2.01. The third-order valence-corrected chi connectivity index (χ3v) is 3.40. The SMILES string of the molecule is CCCNC(c1cn(C)cn1)c1c(OC)cnn1C(C)C. The number of nitrogens with one attached hydrogen (secondary N) is 1. The van der Waals surface area contributed by atoms with Gasteiger partial charge in [-0.25, -0.2) is 4.98 Å². The van der Waals surface area contributed by atoms with Crippen LogP contribution in [0.2, 0.25) is 0 Å². The van der Waals surface area contributed by atoms with Crippen LogP contribution in [-0.4, -0.2) is 33.0 Å². The predicted molar refractivity (Wildman–Crippen MR) is 82.5 cm³/mol. The van der Waals surface area contributed by atoms with Crippen LogP contribution >= 0.6 is 0 Å². The van der Waals surface area contributed by atoms with Crippen molar-refractivity contribution in [2.45, 2.75) is 39.3 Å². The van der Waals surface area contributed by atoms with E-state index in [0.29, 0.717) is 0 Å². The van der Waals surface area contributed by atoms with Gasteiger partial charge in [0, 0.05) is 19.3 Å². The van der Waals surface area contributed by atoms with Crippen molar-refractivity contribution in [3.05, 3.63) is 30.1 Å². The van der Waals surface area contributed by atoms with Gasteiger partial charge in [0.05, 0.1) is 31.4 Å². The van der Waals surface area contributed by atoms with Gasteiger partial charge in [-0.2, -0.15) is 5.10 Å². The summed E-state index contributed by atoms with van der Waals surface area (Å²) in [5, 5.41) is 8.02. The van der Waals surface area contributed by atoms with E-state index in [2.05, 4.69) is 36.2 Å². The van der Waals surface area contributed by atoms with E-state index in [-0.39, 0.29) is 12.1 Å². The molecule has 0 aliphatic heterocycles. The van der Waals surface area contributed by atoms with Crippen molar-refractivity contribution >= 4 is 0 Å². The Morgan fingerprint density at radius 2 is 2.14 bits per heavy atom. The highest BCUT2D eigenvalue weighted by atomic mass is 16.5. The lowest BCUT2D eigenvalue weighted by molar-refractivity contribution is 0.392. The summed E-state index contributed by atoms with van der Waals surface area (Å²) < 4.78 is 9.47. The summed E-state index contributed by atoms with van der Waals surface area (Å²) in [6.45, 7) is 7.30. The molecule has 1 atom stereocenters. The minimum Gasteiger partial charge on any atom is -0.493 e. The summed E-state index contributed by atoms with van der Waals surface area (Å²) in [4.78, 5) is 4.50. The number of methoxy groups -OCH3 is 1. The Labute approximate surface area is 126 Å². The topological polar surface area (TPSA) is 56.9 Å². The summed E-state index contributed by atoms with van der Waals surface area (Å²) in [6.07, 6.45) is 6.68. The highest BCUT2D eigenvalue weighted by Crippen LogP contribution is 2.31. The fourth-order valence-electron chi connectivity index (χ4n) is 2.41. The second-order valence-corrected chi connectivity index (χ2v) is 5.49. The first-order valence-electron chi connectivity index (χ1n) is 7.41. The second kappa shape index (κ2) is 6.76. The van der Waals surface area contributed by atoms with Crippen LogP contribution in [0.1, 0.15) is 50.7 Å². The largest absolute Gasteiger partial charge is 0.493 e. The molecule has 1 N–H and O–H groups in total. The Morgan fingerprint density at radius 1 is 1.38 bits per heavy atom.